The highest BCUT2D eigenvalue weighted by molar-refractivity contribution is 5.99. The smallest absolute Gasteiger partial charge is 0.416 e. The molecule has 0 aliphatic heterocycles. The minimum absolute atomic E-state index is 0.0902. The molecule has 0 radical (unpaired) electrons. The molecular weight excluding hydrogens is 442 g/mol. The SMILES string of the molecule is O=C(Nc1ccc(Oc2ccnc3[nH]ncc23)cc1)Nc1cc(CCF)cc(C(F)(F)F)c1. The fourth-order valence-corrected chi connectivity index (χ4v) is 3.12. The number of anilines is 2. The van der Waals surface area contributed by atoms with Crippen LogP contribution in [0.2, 0.25) is 0 Å². The van der Waals surface area contributed by atoms with Gasteiger partial charge in [-0.25, -0.2) is 9.78 Å². The molecule has 7 nitrogen and oxygen atoms in total. The summed E-state index contributed by atoms with van der Waals surface area (Å²) in [7, 11) is 0. The standard InChI is InChI=1S/C22H17F4N5O2/c23-7-5-13-9-14(22(24,25)26)11-16(10-13)30-21(32)29-15-1-3-17(4-2-15)33-19-6-8-27-20-18(19)12-28-31-20/h1-4,6,8-12H,5,7H2,(H,27,28,31)(H2,29,30,32). The molecule has 0 aliphatic carbocycles. The molecule has 0 bridgehead atoms. The molecule has 2 amide bonds. The second-order valence-corrected chi connectivity index (χ2v) is 7.00. The first-order valence-corrected chi connectivity index (χ1v) is 9.73. The number of nitrogens with zero attached hydrogens (tertiary/aromatic N) is 2. The third kappa shape index (κ3) is 5.37. The number of aromatic amines is 1. The summed E-state index contributed by atoms with van der Waals surface area (Å²) in [6, 6.07) is 10.3. The molecule has 0 saturated heterocycles. The highest BCUT2D eigenvalue weighted by Crippen LogP contribution is 2.32. The summed E-state index contributed by atoms with van der Waals surface area (Å²) in [5.41, 5.74) is 0.0401. The Morgan fingerprint density at radius 2 is 1.79 bits per heavy atom. The number of halogens is 4. The maximum Gasteiger partial charge on any atom is 0.416 e. The van der Waals surface area contributed by atoms with E-state index in [-0.39, 0.29) is 17.7 Å². The molecule has 0 unspecified atom stereocenters. The number of carbonyl (C=O) groups is 1. The summed E-state index contributed by atoms with van der Waals surface area (Å²) in [5.74, 6) is 1.03. The number of hydrogen-bond acceptors (Lipinski definition) is 4. The molecule has 0 spiro atoms. The van der Waals surface area contributed by atoms with Crippen LogP contribution < -0.4 is 15.4 Å². The van der Waals surface area contributed by atoms with E-state index in [1.807, 2.05) is 0 Å². The van der Waals surface area contributed by atoms with Gasteiger partial charge in [-0.3, -0.25) is 9.49 Å². The van der Waals surface area contributed by atoms with E-state index in [0.717, 1.165) is 12.1 Å². The van der Waals surface area contributed by atoms with Gasteiger partial charge >= 0.3 is 12.2 Å². The molecule has 33 heavy (non-hydrogen) atoms. The normalized spacial score (nSPS) is 11.4. The first-order chi connectivity index (χ1) is 15.8. The average Bonchev–Trinajstić information content (AvgIpc) is 3.24. The molecule has 4 aromatic rings. The number of urea groups is 1. The highest BCUT2D eigenvalue weighted by atomic mass is 19.4. The Morgan fingerprint density at radius 1 is 1.03 bits per heavy atom. The van der Waals surface area contributed by atoms with Crippen molar-refractivity contribution in [2.75, 3.05) is 17.3 Å². The molecule has 3 N–H and O–H groups in total. The Morgan fingerprint density at radius 3 is 2.52 bits per heavy atom. The van der Waals surface area contributed by atoms with Crippen molar-refractivity contribution in [2.24, 2.45) is 0 Å². The number of alkyl halides is 4. The van der Waals surface area contributed by atoms with Crippen molar-refractivity contribution < 1.29 is 27.1 Å². The maximum absolute atomic E-state index is 13.1. The van der Waals surface area contributed by atoms with Gasteiger partial charge in [-0.2, -0.15) is 18.3 Å². The number of H-pyrrole nitrogens is 1. The first-order valence-electron chi connectivity index (χ1n) is 9.73. The van der Waals surface area contributed by atoms with Crippen molar-refractivity contribution >= 4 is 28.4 Å². The predicted octanol–water partition coefficient (Wildman–Crippen LogP) is 5.93. The quantitative estimate of drug-likeness (QED) is 0.312. The van der Waals surface area contributed by atoms with Crippen LogP contribution in [0.25, 0.3) is 11.0 Å². The number of pyridine rings is 1. The van der Waals surface area contributed by atoms with Crippen molar-refractivity contribution in [3.63, 3.8) is 0 Å². The molecule has 170 valence electrons. The van der Waals surface area contributed by atoms with Crippen molar-refractivity contribution in [3.05, 3.63) is 72.1 Å². The fourth-order valence-electron chi connectivity index (χ4n) is 3.12. The van der Waals surface area contributed by atoms with Crippen LogP contribution in [0.15, 0.2) is 60.9 Å². The minimum Gasteiger partial charge on any atom is -0.456 e. The molecule has 4 rings (SSSR count). The lowest BCUT2D eigenvalue weighted by Gasteiger charge is -2.13. The Labute approximate surface area is 184 Å². The number of carbonyl (C=O) groups excluding carboxylic acids is 1. The molecule has 0 fully saturated rings. The molecule has 0 saturated carbocycles. The van der Waals surface area contributed by atoms with Gasteiger partial charge in [0.25, 0.3) is 0 Å². The van der Waals surface area contributed by atoms with Crippen LogP contribution in [0.1, 0.15) is 11.1 Å². The zero-order valence-corrected chi connectivity index (χ0v) is 16.9. The Bertz CT molecular complexity index is 1270. The van der Waals surface area contributed by atoms with E-state index >= 15 is 0 Å². The van der Waals surface area contributed by atoms with Crippen LogP contribution in [-0.4, -0.2) is 27.9 Å². The number of amides is 2. The summed E-state index contributed by atoms with van der Waals surface area (Å²) in [5, 5.41) is 12.2. The average molecular weight is 459 g/mol. The summed E-state index contributed by atoms with van der Waals surface area (Å²) in [4.78, 5) is 16.4. The highest BCUT2D eigenvalue weighted by Gasteiger charge is 2.31. The van der Waals surface area contributed by atoms with Gasteiger partial charge in [0.15, 0.2) is 5.65 Å². The number of rotatable bonds is 6. The molecule has 2 aromatic heterocycles. The molecule has 11 heteroatoms. The Hall–Kier alpha value is -4.15. The molecule has 0 aliphatic rings. The van der Waals surface area contributed by atoms with Gasteiger partial charge in [-0.1, -0.05) is 0 Å². The lowest BCUT2D eigenvalue weighted by atomic mass is 10.1. The van der Waals surface area contributed by atoms with Crippen molar-refractivity contribution in [2.45, 2.75) is 12.6 Å². The van der Waals surface area contributed by atoms with Gasteiger partial charge in [0.1, 0.15) is 11.5 Å². The van der Waals surface area contributed by atoms with Crippen LogP contribution in [0.4, 0.5) is 33.7 Å². The Balaban J connectivity index is 1.43. The minimum atomic E-state index is -4.62. The van der Waals surface area contributed by atoms with Gasteiger partial charge in [0, 0.05) is 24.0 Å². The van der Waals surface area contributed by atoms with Crippen LogP contribution in [0.3, 0.4) is 0 Å². The molecule has 2 aromatic carbocycles. The summed E-state index contributed by atoms with van der Waals surface area (Å²) in [6.07, 6.45) is -1.65. The largest absolute Gasteiger partial charge is 0.456 e. The number of aryl methyl sites for hydroxylation is 1. The second kappa shape index (κ2) is 9.15. The van der Waals surface area contributed by atoms with Crippen molar-refractivity contribution in [1.29, 1.82) is 0 Å². The number of aromatic nitrogens is 3. The van der Waals surface area contributed by atoms with E-state index in [0.29, 0.717) is 28.2 Å². The first kappa shape index (κ1) is 22.1. The number of ether oxygens (including phenoxy) is 1. The summed E-state index contributed by atoms with van der Waals surface area (Å²) in [6.45, 7) is -0.813. The lowest BCUT2D eigenvalue weighted by Crippen LogP contribution is -2.20. The van der Waals surface area contributed by atoms with Crippen molar-refractivity contribution in [1.82, 2.24) is 15.2 Å². The van der Waals surface area contributed by atoms with Gasteiger partial charge in [0.2, 0.25) is 0 Å². The summed E-state index contributed by atoms with van der Waals surface area (Å²) < 4.78 is 57.7. The number of fused-ring (bicyclic) bond motifs is 1. The van der Waals surface area contributed by atoms with Crippen LogP contribution in [-0.2, 0) is 12.6 Å². The van der Waals surface area contributed by atoms with E-state index in [9.17, 15) is 22.4 Å². The summed E-state index contributed by atoms with van der Waals surface area (Å²) >= 11 is 0. The van der Waals surface area contributed by atoms with Crippen LogP contribution in [0, 0.1) is 0 Å². The maximum atomic E-state index is 13.1. The fraction of sp³-hybridized carbons (Fsp3) is 0.136. The van der Waals surface area contributed by atoms with Gasteiger partial charge in [-0.05, 0) is 54.1 Å². The van der Waals surface area contributed by atoms with Gasteiger partial charge in [0.05, 0.1) is 23.8 Å². The predicted molar refractivity (Wildman–Crippen MR) is 114 cm³/mol. The second-order valence-electron chi connectivity index (χ2n) is 7.00. The Kier molecular flexibility index (Phi) is 6.11. The zero-order valence-electron chi connectivity index (χ0n) is 16.9. The van der Waals surface area contributed by atoms with E-state index in [1.165, 1.54) is 6.07 Å². The van der Waals surface area contributed by atoms with Gasteiger partial charge < -0.3 is 15.4 Å². The van der Waals surface area contributed by atoms with E-state index < -0.39 is 24.4 Å². The van der Waals surface area contributed by atoms with E-state index in [2.05, 4.69) is 25.8 Å². The van der Waals surface area contributed by atoms with E-state index in [4.69, 9.17) is 4.74 Å². The van der Waals surface area contributed by atoms with Gasteiger partial charge in [-0.15, -0.1) is 0 Å². The molecular formula is C22H17F4N5O2. The molecule has 2 heterocycles. The number of hydrogen-bond donors (Lipinski definition) is 3. The monoisotopic (exact) mass is 459 g/mol. The van der Waals surface area contributed by atoms with E-state index in [1.54, 1.807) is 42.7 Å². The van der Waals surface area contributed by atoms with Crippen LogP contribution >= 0.6 is 0 Å². The molecule has 0 atom stereocenters. The van der Waals surface area contributed by atoms with Crippen molar-refractivity contribution in [3.8, 4) is 11.5 Å². The number of benzene rings is 2. The third-order valence-electron chi connectivity index (χ3n) is 4.62. The third-order valence-corrected chi connectivity index (χ3v) is 4.62. The topological polar surface area (TPSA) is 91.9 Å². The van der Waals surface area contributed by atoms with Crippen LogP contribution in [0.5, 0.6) is 11.5 Å². The lowest BCUT2D eigenvalue weighted by molar-refractivity contribution is -0.137. The zero-order chi connectivity index (χ0) is 23.4. The number of nitrogens with one attached hydrogen (secondary N) is 3.